The van der Waals surface area contributed by atoms with Gasteiger partial charge in [-0.2, -0.15) is 0 Å². The normalized spacial score (nSPS) is 56.0. The van der Waals surface area contributed by atoms with E-state index in [4.69, 9.17) is 18.9 Å². The summed E-state index contributed by atoms with van der Waals surface area (Å²) in [6, 6.07) is 0. The molecule has 20 fully saturated rings. The first-order valence-electron chi connectivity index (χ1n) is 50.8. The molecule has 0 radical (unpaired) electrons. The Morgan fingerprint density at radius 3 is 0.664 bits per heavy atom. The van der Waals surface area contributed by atoms with E-state index < -0.39 is 0 Å². The van der Waals surface area contributed by atoms with Gasteiger partial charge in [-0.25, -0.2) is 0 Å². The van der Waals surface area contributed by atoms with Gasteiger partial charge in [-0.15, -0.1) is 0 Å². The maximum Gasteiger partial charge on any atom is 0.312 e. The molecule has 0 amide bonds. The zero-order valence-corrected chi connectivity index (χ0v) is 80.8. The second kappa shape index (κ2) is 30.9. The van der Waals surface area contributed by atoms with Crippen LogP contribution >= 0.6 is 0 Å². The Hall–Kier alpha value is -2.12. The van der Waals surface area contributed by atoms with Crippen molar-refractivity contribution in [2.24, 2.45) is 304 Å². The summed E-state index contributed by atoms with van der Waals surface area (Å²) in [4.78, 5) is 49.8. The molecule has 0 aliphatic heterocycles. The monoisotopic (exact) mass is 1610 g/mol. The summed E-state index contributed by atoms with van der Waals surface area (Å²) < 4.78 is 20.8. The highest BCUT2D eigenvalue weighted by molar-refractivity contribution is 5.80. The predicted molar refractivity (Wildman–Crippen MR) is 472 cm³/mol. The minimum absolute atomic E-state index is 0.0470. The molecule has 0 aromatic carbocycles. The molecule has 0 aromatic heterocycles. The fraction of sp³-hybridized carbons (Fsp3) is 0.963. The average molecular weight is 1610 g/mol. The van der Waals surface area contributed by atoms with Gasteiger partial charge in [0, 0.05) is 0 Å². The van der Waals surface area contributed by atoms with E-state index >= 15 is 0 Å². The van der Waals surface area contributed by atoms with Gasteiger partial charge in [0.2, 0.25) is 0 Å². The summed E-state index contributed by atoms with van der Waals surface area (Å²) in [6.07, 6.45) is 27.9. The van der Waals surface area contributed by atoms with E-state index in [-0.39, 0.29) is 45.5 Å². The largest absolute Gasteiger partial charge is 0.469 e. The number of ether oxygens (including phenoxy) is 4. The van der Waals surface area contributed by atoms with Crippen molar-refractivity contribution < 1.29 is 38.1 Å². The summed E-state index contributed by atoms with van der Waals surface area (Å²) in [5, 5.41) is 0. The molecule has 660 valence electrons. The Kier molecular flexibility index (Phi) is 23.6. The van der Waals surface area contributed by atoms with Gasteiger partial charge in [-0.1, -0.05) is 218 Å². The van der Waals surface area contributed by atoms with Crippen molar-refractivity contribution in [3.8, 4) is 0 Å². The lowest BCUT2D eigenvalue weighted by Crippen LogP contribution is -2.50. The molecule has 20 rings (SSSR count). The van der Waals surface area contributed by atoms with Crippen LogP contribution in [0.2, 0.25) is 0 Å². The molecule has 16 bridgehead atoms. The minimum atomic E-state index is -0.226. The quantitative estimate of drug-likeness (QED) is 0.108. The van der Waals surface area contributed by atoms with Crippen LogP contribution in [0, 0.1) is 304 Å². The molecule has 48 atom stereocenters. The number of rotatable bonds is 12. The molecular formula is C108H180O8. The first-order chi connectivity index (χ1) is 54.4. The van der Waals surface area contributed by atoms with Gasteiger partial charge in [0.25, 0.3) is 0 Å². The molecule has 20 aliphatic carbocycles. The zero-order valence-electron chi connectivity index (χ0n) is 80.8. The summed E-state index contributed by atoms with van der Waals surface area (Å²) in [5.41, 5.74) is 1.38. The van der Waals surface area contributed by atoms with Crippen molar-refractivity contribution in [1.82, 2.24) is 0 Å². The highest BCUT2D eigenvalue weighted by Crippen LogP contribution is 2.81. The van der Waals surface area contributed by atoms with Gasteiger partial charge in [-0.3, -0.25) is 19.2 Å². The van der Waals surface area contributed by atoms with Crippen LogP contribution in [0.5, 0.6) is 0 Å². The topological polar surface area (TPSA) is 105 Å². The first kappa shape index (κ1) is 88.7. The zero-order chi connectivity index (χ0) is 84.7. The Bertz CT molecular complexity index is 3310. The van der Waals surface area contributed by atoms with Crippen molar-refractivity contribution in [2.75, 3.05) is 28.4 Å². The number of hydrogen-bond acceptors (Lipinski definition) is 8. The fourth-order valence-corrected chi connectivity index (χ4v) is 41.1. The molecule has 20 aliphatic rings. The smallest absolute Gasteiger partial charge is 0.312 e. The van der Waals surface area contributed by atoms with Gasteiger partial charge < -0.3 is 18.9 Å². The first-order valence-corrected chi connectivity index (χ1v) is 50.8. The molecule has 0 N–H and O–H groups in total. The summed E-state index contributed by atoms with van der Waals surface area (Å²) in [6.45, 7) is 67.8. The average Bonchev–Trinajstić information content (AvgIpc) is 1.50. The Balaban J connectivity index is 0.000000109. The molecule has 116 heavy (non-hydrogen) atoms. The van der Waals surface area contributed by atoms with Gasteiger partial charge in [0.15, 0.2) is 0 Å². The molecular weight excluding hydrogens is 1430 g/mol. The van der Waals surface area contributed by atoms with Crippen LogP contribution < -0.4 is 0 Å². The van der Waals surface area contributed by atoms with Crippen LogP contribution in [0.3, 0.4) is 0 Å². The lowest BCUT2D eigenvalue weighted by molar-refractivity contribution is -0.164. The summed E-state index contributed by atoms with van der Waals surface area (Å²) >= 11 is 0. The van der Waals surface area contributed by atoms with Crippen LogP contribution in [0.1, 0.15) is 322 Å². The van der Waals surface area contributed by atoms with E-state index in [0.717, 1.165) is 213 Å². The molecule has 8 nitrogen and oxygen atoms in total. The SMILES string of the molecule is CCCC1CC(C)C2C1C1CC2C(C)(C)C1(C)C.CCCC1CC(C)C2C1C1CC2C(C)(C)C1(C)C.CCCC1CC(C)C2C3CC(C12)C(C)(C(=O)OC)C3C.CCCC1CC(C)C2C3CC(C12)C(C)(C(=O)OC)C3C.COC(=O)C1(C)C(C)C2CC1C1C3CC(C(C)C3C)C21.COC(=O)C1(C)C(C)C2CC1C1C3CC(C(C)C3C)C21. The number of esters is 4. The third-order valence-electron chi connectivity index (χ3n) is 48.0. The summed E-state index contributed by atoms with van der Waals surface area (Å²) in [5.74, 6) is 37.4. The maximum absolute atomic E-state index is 12.5. The Morgan fingerprint density at radius 1 is 0.233 bits per heavy atom. The van der Waals surface area contributed by atoms with Crippen LogP contribution in [0.15, 0.2) is 0 Å². The van der Waals surface area contributed by atoms with E-state index in [1.54, 1.807) is 41.3 Å². The number of fused-ring (bicyclic) bond motifs is 38. The second-order valence-corrected chi connectivity index (χ2v) is 50.6. The van der Waals surface area contributed by atoms with Crippen molar-refractivity contribution in [1.29, 1.82) is 0 Å². The van der Waals surface area contributed by atoms with E-state index in [0.29, 0.717) is 69.0 Å². The van der Waals surface area contributed by atoms with Crippen LogP contribution in [0.25, 0.3) is 0 Å². The molecule has 0 saturated heterocycles. The van der Waals surface area contributed by atoms with Crippen LogP contribution in [-0.2, 0) is 38.1 Å². The lowest BCUT2D eigenvalue weighted by atomic mass is 9.53. The molecule has 0 spiro atoms. The van der Waals surface area contributed by atoms with Gasteiger partial charge >= 0.3 is 23.9 Å². The lowest BCUT2D eigenvalue weighted by Gasteiger charge is -2.52. The van der Waals surface area contributed by atoms with Crippen molar-refractivity contribution in [3.05, 3.63) is 0 Å². The number of carbonyl (C=O) groups is 4. The second-order valence-electron chi connectivity index (χ2n) is 50.6. The maximum atomic E-state index is 12.5. The summed E-state index contributed by atoms with van der Waals surface area (Å²) in [7, 11) is 6.25. The van der Waals surface area contributed by atoms with Gasteiger partial charge in [0.1, 0.15) is 0 Å². The van der Waals surface area contributed by atoms with E-state index in [1.807, 2.05) is 0 Å². The number of hydrogen-bond donors (Lipinski definition) is 0. The third kappa shape index (κ3) is 11.9. The molecule has 8 heteroatoms. The molecule has 20 saturated carbocycles. The van der Waals surface area contributed by atoms with Crippen molar-refractivity contribution in [2.45, 2.75) is 322 Å². The third-order valence-corrected chi connectivity index (χ3v) is 48.0. The fourth-order valence-electron chi connectivity index (χ4n) is 41.1. The van der Waals surface area contributed by atoms with Gasteiger partial charge in [0.05, 0.1) is 50.1 Å². The van der Waals surface area contributed by atoms with Gasteiger partial charge in [-0.05, 0) is 387 Å². The number of carbonyl (C=O) groups excluding carboxylic acids is 4. The highest BCUT2D eigenvalue weighted by atomic mass is 16.5. The molecule has 0 aromatic rings. The van der Waals surface area contributed by atoms with E-state index in [1.165, 1.54) is 116 Å². The Morgan fingerprint density at radius 2 is 0.431 bits per heavy atom. The number of methoxy groups -OCH3 is 4. The minimum Gasteiger partial charge on any atom is -0.469 e. The Labute approximate surface area is 712 Å². The highest BCUT2D eigenvalue weighted by Gasteiger charge is 2.77. The molecule has 48 unspecified atom stereocenters. The van der Waals surface area contributed by atoms with Crippen LogP contribution in [-0.4, -0.2) is 52.3 Å². The standard InChI is InChI=1S/2C18H28O2.2C18H30O2.2C18H32/c2*1-8-9(2)12-6-11(8)15-13-7-14(16(12)15)18(4,10(13)3)17(19)20-5;2*1-6-7-12-8-10(2)15-13-9-14(16(12)15)18(4,11(13)3)17(19)20-5;2*1-7-8-12-9-11(2)15-13-10-14(16(12)15)18(5,6)17(13,3)4/h2*8-16H,6-7H2,1-5H3;2*10-16H,6-9H2,1-5H3;2*11-16H,7-10H2,1-6H3. The van der Waals surface area contributed by atoms with Crippen molar-refractivity contribution >= 4 is 23.9 Å². The predicted octanol–water partition coefficient (Wildman–Crippen LogP) is 26.2. The van der Waals surface area contributed by atoms with E-state index in [9.17, 15) is 19.2 Å². The van der Waals surface area contributed by atoms with E-state index in [2.05, 4.69) is 194 Å². The van der Waals surface area contributed by atoms with Crippen LogP contribution in [0.4, 0.5) is 0 Å². The molecule has 0 heterocycles. The van der Waals surface area contributed by atoms with Crippen molar-refractivity contribution in [3.63, 3.8) is 0 Å².